The minimum absolute atomic E-state index is 0.812. The molecule has 0 saturated carbocycles. The summed E-state index contributed by atoms with van der Waals surface area (Å²) in [6, 6.07) is 63.4. The first-order chi connectivity index (χ1) is 26.3. The molecule has 3 aromatic heterocycles. The SMILES string of the molecule is c1ccc2c(c1)sc1ccc(N3c4ccc(-n5c6ccccc6c6ccccc65)cc4Oc4cc(-n5c6ccccc6c6ccccc65)ccc43)cc12. The monoisotopic (exact) mass is 695 g/mol. The van der Waals surface area contributed by atoms with Crippen LogP contribution in [0.4, 0.5) is 17.1 Å². The fraction of sp³-hybridized carbons (Fsp3) is 0. The molecule has 53 heavy (non-hydrogen) atoms. The second-order valence-electron chi connectivity index (χ2n) is 13.8. The van der Waals surface area contributed by atoms with Crippen LogP contribution in [-0.2, 0) is 0 Å². The van der Waals surface area contributed by atoms with Gasteiger partial charge in [-0.15, -0.1) is 11.3 Å². The number of thiophene rings is 1. The number of rotatable bonds is 3. The maximum absolute atomic E-state index is 7.03. The zero-order chi connectivity index (χ0) is 34.6. The van der Waals surface area contributed by atoms with Gasteiger partial charge in [-0.2, -0.15) is 0 Å². The summed E-state index contributed by atoms with van der Waals surface area (Å²) in [6.45, 7) is 0. The summed E-state index contributed by atoms with van der Waals surface area (Å²) in [5.74, 6) is 1.62. The predicted octanol–water partition coefficient (Wildman–Crippen LogP) is 13.8. The molecule has 4 heterocycles. The van der Waals surface area contributed by atoms with Crippen molar-refractivity contribution in [1.29, 1.82) is 0 Å². The van der Waals surface area contributed by atoms with Crippen molar-refractivity contribution in [2.24, 2.45) is 0 Å². The third-order valence-corrected chi connectivity index (χ3v) is 12.0. The van der Waals surface area contributed by atoms with Crippen LogP contribution in [0.3, 0.4) is 0 Å². The highest BCUT2D eigenvalue weighted by Crippen LogP contribution is 2.53. The second kappa shape index (κ2) is 10.8. The molecule has 248 valence electrons. The molecule has 0 fully saturated rings. The number of hydrogen-bond donors (Lipinski definition) is 0. The molecule has 0 unspecified atom stereocenters. The lowest BCUT2D eigenvalue weighted by Gasteiger charge is -2.33. The second-order valence-corrected chi connectivity index (χ2v) is 14.8. The average molecular weight is 696 g/mol. The van der Waals surface area contributed by atoms with E-state index in [0.29, 0.717) is 0 Å². The number of anilines is 3. The van der Waals surface area contributed by atoms with E-state index in [1.807, 2.05) is 11.3 Å². The summed E-state index contributed by atoms with van der Waals surface area (Å²) in [7, 11) is 0. The predicted molar refractivity (Wildman–Crippen MR) is 223 cm³/mol. The Hall–Kier alpha value is -6.82. The number of ether oxygens (including phenoxy) is 1. The molecule has 1 aliphatic heterocycles. The summed E-state index contributed by atoms with van der Waals surface area (Å²) in [5, 5.41) is 7.50. The van der Waals surface area contributed by atoms with Crippen LogP contribution in [0.15, 0.2) is 176 Å². The van der Waals surface area contributed by atoms with Crippen LogP contribution in [0.5, 0.6) is 11.5 Å². The summed E-state index contributed by atoms with van der Waals surface area (Å²) in [4.78, 5) is 2.37. The minimum atomic E-state index is 0.812. The molecule has 11 aromatic rings. The molecule has 0 atom stereocenters. The first kappa shape index (κ1) is 28.8. The van der Waals surface area contributed by atoms with Gasteiger partial charge in [-0.25, -0.2) is 0 Å². The number of benzene rings is 8. The Kier molecular flexibility index (Phi) is 5.90. The number of aromatic nitrogens is 2. The molecule has 0 N–H and O–H groups in total. The number of hydrogen-bond acceptors (Lipinski definition) is 3. The molecule has 8 aromatic carbocycles. The van der Waals surface area contributed by atoms with E-state index in [4.69, 9.17) is 4.74 Å². The molecule has 1 aliphatic rings. The van der Waals surface area contributed by atoms with E-state index in [-0.39, 0.29) is 0 Å². The molecule has 5 heteroatoms. The maximum Gasteiger partial charge on any atom is 0.153 e. The van der Waals surface area contributed by atoms with E-state index in [1.54, 1.807) is 0 Å². The highest BCUT2D eigenvalue weighted by molar-refractivity contribution is 7.25. The summed E-state index contributed by atoms with van der Waals surface area (Å²) in [6.07, 6.45) is 0. The highest BCUT2D eigenvalue weighted by atomic mass is 32.1. The Bertz CT molecular complexity index is 3020. The summed E-state index contributed by atoms with van der Waals surface area (Å²) < 4.78 is 14.3. The zero-order valence-corrected chi connectivity index (χ0v) is 29.2. The fourth-order valence-corrected chi connectivity index (χ4v) is 9.68. The Morgan fingerprint density at radius 1 is 0.340 bits per heavy atom. The Morgan fingerprint density at radius 2 is 0.755 bits per heavy atom. The highest BCUT2D eigenvalue weighted by Gasteiger charge is 2.28. The number of para-hydroxylation sites is 4. The van der Waals surface area contributed by atoms with Crippen LogP contribution in [0, 0.1) is 0 Å². The van der Waals surface area contributed by atoms with Crippen molar-refractivity contribution >= 4 is 92.2 Å². The van der Waals surface area contributed by atoms with Gasteiger partial charge in [0.15, 0.2) is 11.5 Å². The van der Waals surface area contributed by atoms with Crippen LogP contribution < -0.4 is 9.64 Å². The molecule has 0 spiro atoms. The van der Waals surface area contributed by atoms with Gasteiger partial charge < -0.3 is 18.8 Å². The van der Waals surface area contributed by atoms with Gasteiger partial charge in [-0.05, 0) is 72.8 Å². The van der Waals surface area contributed by atoms with E-state index < -0.39 is 0 Å². The standard InChI is InChI=1S/C48H29N3OS/c1-6-16-39-33(11-1)34-12-2-7-17-40(34)49(39)31-21-24-43-45(28-31)52-46-29-32(50-41-18-8-3-13-35(41)36-14-4-9-19-42(36)50)22-25-44(46)51(43)30-23-26-48-38(27-30)37-15-5-10-20-47(37)53-48/h1-29H. The Labute approximate surface area is 308 Å². The smallest absolute Gasteiger partial charge is 0.153 e. The normalized spacial score (nSPS) is 12.6. The number of nitrogens with zero attached hydrogens (tertiary/aromatic N) is 3. The lowest BCUT2D eigenvalue weighted by molar-refractivity contribution is 0.476. The zero-order valence-electron chi connectivity index (χ0n) is 28.4. The molecule has 12 rings (SSSR count). The molecule has 0 radical (unpaired) electrons. The molecule has 0 saturated heterocycles. The van der Waals surface area contributed by atoms with Crippen molar-refractivity contribution in [2.75, 3.05) is 4.90 Å². The summed E-state index contributed by atoms with van der Waals surface area (Å²) >= 11 is 1.84. The van der Waals surface area contributed by atoms with Crippen molar-refractivity contribution in [3.05, 3.63) is 176 Å². The van der Waals surface area contributed by atoms with Crippen molar-refractivity contribution in [1.82, 2.24) is 9.13 Å². The number of fused-ring (bicyclic) bond motifs is 11. The van der Waals surface area contributed by atoms with Crippen molar-refractivity contribution in [2.45, 2.75) is 0 Å². The summed E-state index contributed by atoms with van der Waals surface area (Å²) in [5.41, 5.74) is 9.91. The van der Waals surface area contributed by atoms with Gasteiger partial charge >= 0.3 is 0 Å². The van der Waals surface area contributed by atoms with Crippen molar-refractivity contribution in [3.63, 3.8) is 0 Å². The topological polar surface area (TPSA) is 22.3 Å². The van der Waals surface area contributed by atoms with Crippen LogP contribution in [-0.4, -0.2) is 9.13 Å². The van der Waals surface area contributed by atoms with E-state index in [2.05, 4.69) is 190 Å². The van der Waals surface area contributed by atoms with Crippen molar-refractivity contribution in [3.8, 4) is 22.9 Å². The lowest BCUT2D eigenvalue weighted by atomic mass is 10.1. The Morgan fingerprint density at radius 3 is 1.26 bits per heavy atom. The van der Waals surface area contributed by atoms with Crippen LogP contribution in [0.2, 0.25) is 0 Å². The lowest BCUT2D eigenvalue weighted by Crippen LogP contribution is -2.16. The van der Waals surface area contributed by atoms with E-state index in [1.165, 1.54) is 63.8 Å². The quantitative estimate of drug-likeness (QED) is 0.184. The van der Waals surface area contributed by atoms with Gasteiger partial charge in [0.1, 0.15) is 0 Å². The average Bonchev–Trinajstić information content (AvgIpc) is 3.87. The molecule has 0 bridgehead atoms. The van der Waals surface area contributed by atoms with Crippen molar-refractivity contribution < 1.29 is 4.74 Å². The van der Waals surface area contributed by atoms with E-state index in [9.17, 15) is 0 Å². The largest absolute Gasteiger partial charge is 0.453 e. The molecule has 0 amide bonds. The van der Waals surface area contributed by atoms with Gasteiger partial charge in [-0.3, -0.25) is 0 Å². The fourth-order valence-electron chi connectivity index (χ4n) is 8.60. The van der Waals surface area contributed by atoms with Crippen LogP contribution in [0.25, 0.3) is 75.2 Å². The minimum Gasteiger partial charge on any atom is -0.453 e. The molecule has 0 aliphatic carbocycles. The maximum atomic E-state index is 7.03. The van der Waals surface area contributed by atoms with E-state index >= 15 is 0 Å². The van der Waals surface area contributed by atoms with E-state index in [0.717, 1.165) is 39.9 Å². The van der Waals surface area contributed by atoms with Gasteiger partial charge in [0.05, 0.1) is 44.8 Å². The molecular weight excluding hydrogens is 667 g/mol. The molecule has 4 nitrogen and oxygen atoms in total. The van der Waals surface area contributed by atoms with Crippen LogP contribution in [0.1, 0.15) is 0 Å². The van der Waals surface area contributed by atoms with Gasteiger partial charge in [-0.1, -0.05) is 91.0 Å². The van der Waals surface area contributed by atoms with Crippen LogP contribution >= 0.6 is 11.3 Å². The van der Waals surface area contributed by atoms with Gasteiger partial charge in [0, 0.05) is 59.5 Å². The third-order valence-electron chi connectivity index (χ3n) is 10.9. The first-order valence-corrected chi connectivity index (χ1v) is 18.7. The Balaban J connectivity index is 1.10. The van der Waals surface area contributed by atoms with Gasteiger partial charge in [0.2, 0.25) is 0 Å². The molecular formula is C48H29N3OS. The van der Waals surface area contributed by atoms with Gasteiger partial charge in [0.25, 0.3) is 0 Å². The third kappa shape index (κ3) is 4.11. The first-order valence-electron chi connectivity index (χ1n) is 17.9.